The molecule has 0 unspecified atom stereocenters. The molecule has 4 rings (SSSR count). The third-order valence-electron chi connectivity index (χ3n) is 4.38. The van der Waals surface area contributed by atoms with E-state index in [9.17, 15) is 4.79 Å². The van der Waals surface area contributed by atoms with Gasteiger partial charge in [0.2, 0.25) is 5.43 Å². The number of aromatic nitrogens is 5. The molecule has 0 aliphatic rings. The number of benzene rings is 1. The van der Waals surface area contributed by atoms with Crippen LogP contribution in [0.4, 0.5) is 5.95 Å². The Kier molecular flexibility index (Phi) is 4.87. The summed E-state index contributed by atoms with van der Waals surface area (Å²) >= 11 is 3.46. The van der Waals surface area contributed by atoms with Crippen molar-refractivity contribution in [2.75, 3.05) is 0 Å². The number of nitrogens with zero attached hydrogens (tertiary/aromatic N) is 5. The Morgan fingerprint density at radius 1 is 1.25 bits per heavy atom. The standard InChI is InChI=1S/C20H17BrN6O/c1-3-27-11-15(17(28)14-9-16(21)12(2)23-19(14)27)18-24-20(26-25-18)22-10-13-7-5-4-6-8-13/h4-11H,3H2,1-2H3,(H,24,25,26)/b22-10+. The normalized spacial score (nSPS) is 11.5. The van der Waals surface area contributed by atoms with E-state index in [-0.39, 0.29) is 11.4 Å². The van der Waals surface area contributed by atoms with Crippen LogP contribution in [0.15, 0.2) is 56.9 Å². The summed E-state index contributed by atoms with van der Waals surface area (Å²) in [5, 5.41) is 7.46. The van der Waals surface area contributed by atoms with Crippen molar-refractivity contribution in [3.8, 4) is 11.4 Å². The molecule has 0 fully saturated rings. The van der Waals surface area contributed by atoms with Crippen LogP contribution in [0.2, 0.25) is 0 Å². The van der Waals surface area contributed by atoms with Gasteiger partial charge >= 0.3 is 0 Å². The number of aliphatic imine (C=N–C) groups is 1. The van der Waals surface area contributed by atoms with Crippen molar-refractivity contribution in [1.82, 2.24) is 24.7 Å². The van der Waals surface area contributed by atoms with Crippen LogP contribution >= 0.6 is 15.9 Å². The molecule has 3 aromatic heterocycles. The molecule has 0 bridgehead atoms. The fourth-order valence-corrected chi connectivity index (χ4v) is 3.20. The second-order valence-electron chi connectivity index (χ2n) is 6.24. The van der Waals surface area contributed by atoms with E-state index in [1.54, 1.807) is 18.5 Å². The summed E-state index contributed by atoms with van der Waals surface area (Å²) in [6.07, 6.45) is 3.44. The van der Waals surface area contributed by atoms with Crippen LogP contribution in [0.3, 0.4) is 0 Å². The van der Waals surface area contributed by atoms with E-state index >= 15 is 0 Å². The van der Waals surface area contributed by atoms with E-state index in [0.717, 1.165) is 15.7 Å². The third-order valence-corrected chi connectivity index (χ3v) is 5.18. The molecule has 7 nitrogen and oxygen atoms in total. The first-order valence-electron chi connectivity index (χ1n) is 8.79. The van der Waals surface area contributed by atoms with E-state index in [1.165, 1.54) is 0 Å². The highest BCUT2D eigenvalue weighted by Gasteiger charge is 2.16. The van der Waals surface area contributed by atoms with E-state index in [2.05, 4.69) is 41.1 Å². The number of aromatic amines is 1. The molecule has 1 aromatic carbocycles. The largest absolute Gasteiger partial charge is 0.332 e. The molecule has 3 heterocycles. The van der Waals surface area contributed by atoms with Crippen molar-refractivity contribution < 1.29 is 0 Å². The second-order valence-corrected chi connectivity index (χ2v) is 7.09. The van der Waals surface area contributed by atoms with Gasteiger partial charge in [-0.2, -0.15) is 4.98 Å². The minimum Gasteiger partial charge on any atom is -0.332 e. The van der Waals surface area contributed by atoms with Gasteiger partial charge < -0.3 is 4.57 Å². The van der Waals surface area contributed by atoms with Crippen LogP contribution in [-0.4, -0.2) is 30.9 Å². The molecular formula is C20H17BrN6O. The molecule has 140 valence electrons. The maximum atomic E-state index is 13.0. The van der Waals surface area contributed by atoms with Crippen molar-refractivity contribution >= 4 is 39.1 Å². The maximum absolute atomic E-state index is 13.0. The van der Waals surface area contributed by atoms with Gasteiger partial charge in [-0.05, 0) is 41.4 Å². The fraction of sp³-hybridized carbons (Fsp3) is 0.150. The zero-order valence-electron chi connectivity index (χ0n) is 15.3. The molecule has 0 saturated heterocycles. The maximum Gasteiger partial charge on any atom is 0.268 e. The lowest BCUT2D eigenvalue weighted by molar-refractivity contribution is 0.775. The lowest BCUT2D eigenvalue weighted by Crippen LogP contribution is -2.14. The van der Waals surface area contributed by atoms with Gasteiger partial charge in [-0.25, -0.2) is 9.98 Å². The fourth-order valence-electron chi connectivity index (χ4n) is 2.89. The molecule has 8 heteroatoms. The van der Waals surface area contributed by atoms with Gasteiger partial charge in [0, 0.05) is 23.4 Å². The van der Waals surface area contributed by atoms with Crippen LogP contribution in [0.5, 0.6) is 0 Å². The summed E-state index contributed by atoms with van der Waals surface area (Å²) in [7, 11) is 0. The Bertz CT molecular complexity index is 1240. The van der Waals surface area contributed by atoms with Crippen LogP contribution < -0.4 is 5.43 Å². The zero-order valence-corrected chi connectivity index (χ0v) is 16.9. The van der Waals surface area contributed by atoms with Gasteiger partial charge in [-0.15, -0.1) is 5.10 Å². The van der Waals surface area contributed by atoms with Gasteiger partial charge in [0.15, 0.2) is 5.82 Å². The minimum absolute atomic E-state index is 0.150. The van der Waals surface area contributed by atoms with E-state index in [1.807, 2.05) is 48.7 Å². The monoisotopic (exact) mass is 436 g/mol. The van der Waals surface area contributed by atoms with Gasteiger partial charge in [0.25, 0.3) is 5.95 Å². The van der Waals surface area contributed by atoms with E-state index in [4.69, 9.17) is 0 Å². The molecule has 0 spiro atoms. The number of halogens is 1. The molecule has 0 radical (unpaired) electrons. The molecule has 4 aromatic rings. The van der Waals surface area contributed by atoms with Gasteiger partial charge in [-0.3, -0.25) is 9.89 Å². The van der Waals surface area contributed by atoms with Crippen molar-refractivity contribution in [2.45, 2.75) is 20.4 Å². The predicted molar refractivity (Wildman–Crippen MR) is 113 cm³/mol. The number of hydrogen-bond acceptors (Lipinski definition) is 5. The molecule has 1 N–H and O–H groups in total. The summed E-state index contributed by atoms with van der Waals surface area (Å²) in [5.41, 5.74) is 2.71. The Labute approximate surface area is 169 Å². The Balaban J connectivity index is 1.79. The van der Waals surface area contributed by atoms with Crippen molar-refractivity contribution in [2.24, 2.45) is 4.99 Å². The third kappa shape index (κ3) is 3.38. The molecule has 0 atom stereocenters. The predicted octanol–water partition coefficient (Wildman–Crippen LogP) is 4.02. The van der Waals surface area contributed by atoms with Crippen molar-refractivity contribution in [1.29, 1.82) is 0 Å². The topological polar surface area (TPSA) is 88.8 Å². The summed E-state index contributed by atoms with van der Waals surface area (Å²) in [6, 6.07) is 11.5. The first kappa shape index (κ1) is 18.2. The number of H-pyrrole nitrogens is 1. The van der Waals surface area contributed by atoms with Gasteiger partial charge in [0.05, 0.1) is 16.6 Å². The summed E-state index contributed by atoms with van der Waals surface area (Å²) in [5.74, 6) is 0.649. The minimum atomic E-state index is -0.150. The molecule has 0 aliphatic carbocycles. The molecule has 0 amide bonds. The first-order chi connectivity index (χ1) is 13.6. The van der Waals surface area contributed by atoms with Crippen LogP contribution in [0.25, 0.3) is 22.4 Å². The molecule has 0 aliphatic heterocycles. The summed E-state index contributed by atoms with van der Waals surface area (Å²) in [6.45, 7) is 4.57. The van der Waals surface area contributed by atoms with Crippen LogP contribution in [0, 0.1) is 6.92 Å². The highest BCUT2D eigenvalue weighted by atomic mass is 79.9. The Hall–Kier alpha value is -3.13. The number of nitrogens with one attached hydrogen (secondary N) is 1. The highest BCUT2D eigenvalue weighted by molar-refractivity contribution is 9.10. The van der Waals surface area contributed by atoms with Crippen LogP contribution in [-0.2, 0) is 6.54 Å². The number of rotatable bonds is 4. The zero-order chi connectivity index (χ0) is 19.7. The van der Waals surface area contributed by atoms with E-state index < -0.39 is 0 Å². The number of fused-ring (bicyclic) bond motifs is 1. The Morgan fingerprint density at radius 2 is 2.04 bits per heavy atom. The molecular weight excluding hydrogens is 420 g/mol. The lowest BCUT2D eigenvalue weighted by Gasteiger charge is -2.11. The average Bonchev–Trinajstić information content (AvgIpc) is 3.18. The van der Waals surface area contributed by atoms with Gasteiger partial charge in [0.1, 0.15) is 5.65 Å². The summed E-state index contributed by atoms with van der Waals surface area (Å²) < 4.78 is 2.73. The lowest BCUT2D eigenvalue weighted by atomic mass is 10.1. The van der Waals surface area contributed by atoms with Crippen molar-refractivity contribution in [3.63, 3.8) is 0 Å². The van der Waals surface area contributed by atoms with E-state index in [0.29, 0.717) is 29.0 Å². The number of aryl methyl sites for hydroxylation is 2. The summed E-state index contributed by atoms with van der Waals surface area (Å²) in [4.78, 5) is 26.2. The smallest absolute Gasteiger partial charge is 0.268 e. The average molecular weight is 437 g/mol. The number of pyridine rings is 2. The first-order valence-corrected chi connectivity index (χ1v) is 9.58. The molecule has 0 saturated carbocycles. The SMILES string of the molecule is CCn1cc(-c2nc(/N=C/c3ccccc3)n[nH]2)c(=O)c2cc(Br)c(C)nc21. The number of hydrogen-bond donors (Lipinski definition) is 1. The van der Waals surface area contributed by atoms with Crippen LogP contribution in [0.1, 0.15) is 18.2 Å². The molecule has 28 heavy (non-hydrogen) atoms. The van der Waals surface area contributed by atoms with Crippen molar-refractivity contribution in [3.05, 3.63) is 68.5 Å². The quantitative estimate of drug-likeness (QED) is 0.489. The van der Waals surface area contributed by atoms with Gasteiger partial charge in [-0.1, -0.05) is 30.3 Å². The second kappa shape index (κ2) is 7.47. The highest BCUT2D eigenvalue weighted by Crippen LogP contribution is 2.22. The Morgan fingerprint density at radius 3 is 2.79 bits per heavy atom.